The van der Waals surface area contributed by atoms with Crippen LogP contribution in [-0.2, 0) is 14.4 Å². The van der Waals surface area contributed by atoms with Gasteiger partial charge in [-0.05, 0) is 31.4 Å². The van der Waals surface area contributed by atoms with Crippen molar-refractivity contribution in [2.24, 2.45) is 17.8 Å². The van der Waals surface area contributed by atoms with E-state index in [1.165, 1.54) is 6.08 Å². The molecule has 0 aromatic rings. The second kappa shape index (κ2) is 10.0. The number of hydrogen-bond donors (Lipinski definition) is 0. The minimum absolute atomic E-state index is 0.0367. The second-order valence-electron chi connectivity index (χ2n) is 6.25. The largest absolute Gasteiger partial charge is 0.295 e. The molecule has 128 valence electrons. The van der Waals surface area contributed by atoms with Crippen LogP contribution in [0.2, 0.25) is 0 Å². The van der Waals surface area contributed by atoms with E-state index in [0.717, 1.165) is 0 Å². The van der Waals surface area contributed by atoms with E-state index in [2.05, 4.69) is 6.58 Å². The van der Waals surface area contributed by atoms with E-state index in [4.69, 9.17) is 0 Å². The average molecular weight is 322 g/mol. The first kappa shape index (κ1) is 21.2. The molecule has 0 heterocycles. The van der Waals surface area contributed by atoms with Crippen LogP contribution in [0.5, 0.6) is 0 Å². The summed E-state index contributed by atoms with van der Waals surface area (Å²) in [7, 11) is 0. The lowest BCUT2D eigenvalue weighted by atomic mass is 9.94. The molecule has 0 fully saturated rings. The van der Waals surface area contributed by atoms with Crippen LogP contribution in [0.3, 0.4) is 0 Å². The summed E-state index contributed by atoms with van der Waals surface area (Å²) < 4.78 is 12.8. The minimum Gasteiger partial charge on any atom is -0.295 e. The summed E-state index contributed by atoms with van der Waals surface area (Å²) in [5.74, 6) is -2.42. The Morgan fingerprint density at radius 3 is 2.00 bits per heavy atom. The van der Waals surface area contributed by atoms with Crippen molar-refractivity contribution in [1.29, 1.82) is 0 Å². The van der Waals surface area contributed by atoms with Crippen molar-refractivity contribution in [2.45, 2.75) is 47.5 Å². The molecule has 0 aliphatic heterocycles. The average Bonchev–Trinajstić information content (AvgIpc) is 2.49. The molecule has 0 saturated heterocycles. The monoisotopic (exact) mass is 322 g/mol. The highest BCUT2D eigenvalue weighted by atomic mass is 19.1. The van der Waals surface area contributed by atoms with Crippen LogP contribution in [-0.4, -0.2) is 17.3 Å². The first-order valence-electron chi connectivity index (χ1n) is 7.87. The van der Waals surface area contributed by atoms with Crippen LogP contribution in [0, 0.1) is 17.8 Å². The number of rotatable bonds is 10. The van der Waals surface area contributed by atoms with Crippen LogP contribution in [0.1, 0.15) is 47.5 Å². The van der Waals surface area contributed by atoms with Crippen LogP contribution in [0.25, 0.3) is 0 Å². The van der Waals surface area contributed by atoms with Crippen molar-refractivity contribution >= 4 is 17.3 Å². The molecule has 0 amide bonds. The lowest BCUT2D eigenvalue weighted by Crippen LogP contribution is -2.13. The molecule has 3 nitrogen and oxygen atoms in total. The molecule has 0 aliphatic carbocycles. The van der Waals surface area contributed by atoms with Gasteiger partial charge in [0.2, 0.25) is 0 Å². The predicted octanol–water partition coefficient (Wildman–Crippen LogP) is 4.39. The third kappa shape index (κ3) is 7.82. The van der Waals surface area contributed by atoms with Crippen LogP contribution >= 0.6 is 0 Å². The summed E-state index contributed by atoms with van der Waals surface area (Å²) in [5, 5.41) is 0. The first-order chi connectivity index (χ1) is 10.6. The molecule has 4 heteroatoms. The van der Waals surface area contributed by atoms with Crippen molar-refractivity contribution in [3.63, 3.8) is 0 Å². The predicted molar refractivity (Wildman–Crippen MR) is 90.6 cm³/mol. The normalized spacial score (nSPS) is 14.8. The molecule has 0 rings (SSSR count). The van der Waals surface area contributed by atoms with Crippen LogP contribution in [0.4, 0.5) is 4.39 Å². The summed E-state index contributed by atoms with van der Waals surface area (Å²) >= 11 is 0. The SMILES string of the molecule is C=C(F)C(=O)C(C)C/C=C(/C)C(=O)C(C)C/C=C\C(=O)C(C)C. The van der Waals surface area contributed by atoms with E-state index in [-0.39, 0.29) is 23.4 Å². The van der Waals surface area contributed by atoms with E-state index < -0.39 is 17.5 Å². The molecule has 0 aromatic carbocycles. The molecule has 0 spiro atoms. The number of Topliss-reactive ketones (excluding diaryl/α,β-unsaturated/α-hetero) is 2. The van der Waals surface area contributed by atoms with Crippen LogP contribution < -0.4 is 0 Å². The maximum atomic E-state index is 12.8. The van der Waals surface area contributed by atoms with Gasteiger partial charge in [-0.25, -0.2) is 4.39 Å². The van der Waals surface area contributed by atoms with E-state index in [1.54, 1.807) is 32.9 Å². The Kier molecular flexibility index (Phi) is 9.23. The number of carbonyl (C=O) groups is 3. The highest BCUT2D eigenvalue weighted by molar-refractivity contribution is 5.97. The van der Waals surface area contributed by atoms with Gasteiger partial charge >= 0.3 is 0 Å². The first-order valence-corrected chi connectivity index (χ1v) is 7.87. The summed E-state index contributed by atoms with van der Waals surface area (Å²) in [4.78, 5) is 35.1. The number of carbonyl (C=O) groups excluding carboxylic acids is 3. The zero-order valence-electron chi connectivity index (χ0n) is 14.7. The fraction of sp³-hybridized carbons (Fsp3) is 0.526. The number of halogens is 1. The maximum Gasteiger partial charge on any atom is 0.193 e. The topological polar surface area (TPSA) is 51.2 Å². The maximum absolute atomic E-state index is 12.8. The lowest BCUT2D eigenvalue weighted by molar-refractivity contribution is -0.120. The Bertz CT molecular complexity index is 527. The van der Waals surface area contributed by atoms with Gasteiger partial charge in [0.05, 0.1) is 0 Å². The molecule has 2 atom stereocenters. The highest BCUT2D eigenvalue weighted by Gasteiger charge is 2.17. The van der Waals surface area contributed by atoms with Gasteiger partial charge in [-0.1, -0.05) is 46.4 Å². The van der Waals surface area contributed by atoms with Gasteiger partial charge in [0.25, 0.3) is 0 Å². The molecule has 0 saturated carbocycles. The van der Waals surface area contributed by atoms with Gasteiger partial charge < -0.3 is 0 Å². The van der Waals surface area contributed by atoms with Crippen molar-refractivity contribution < 1.29 is 18.8 Å². The Balaban J connectivity index is 4.58. The van der Waals surface area contributed by atoms with Gasteiger partial charge in [0.15, 0.2) is 23.2 Å². The van der Waals surface area contributed by atoms with E-state index in [0.29, 0.717) is 18.4 Å². The van der Waals surface area contributed by atoms with Gasteiger partial charge in [0, 0.05) is 17.8 Å². The number of hydrogen-bond acceptors (Lipinski definition) is 3. The van der Waals surface area contributed by atoms with E-state index >= 15 is 0 Å². The number of ketones is 3. The Morgan fingerprint density at radius 2 is 1.52 bits per heavy atom. The summed E-state index contributed by atoms with van der Waals surface area (Å²) in [6.45, 7) is 11.7. The highest BCUT2D eigenvalue weighted by Crippen LogP contribution is 2.16. The van der Waals surface area contributed by atoms with Crippen molar-refractivity contribution in [2.75, 3.05) is 0 Å². The lowest BCUT2D eigenvalue weighted by Gasteiger charge is -2.10. The van der Waals surface area contributed by atoms with Gasteiger partial charge in [-0.3, -0.25) is 14.4 Å². The molecule has 0 radical (unpaired) electrons. The zero-order chi connectivity index (χ0) is 18.2. The quantitative estimate of drug-likeness (QED) is 0.561. The van der Waals surface area contributed by atoms with Gasteiger partial charge in [0.1, 0.15) is 0 Å². The Morgan fingerprint density at radius 1 is 1.00 bits per heavy atom. The van der Waals surface area contributed by atoms with E-state index in [9.17, 15) is 18.8 Å². The second-order valence-corrected chi connectivity index (χ2v) is 6.25. The number of allylic oxidation sites excluding steroid dienone is 5. The standard InChI is InChI=1S/C19H27FO3/c1-12(2)17(21)9-7-8-13(3)18(22)14(4)10-11-15(5)19(23)16(6)20/h7,9-10,12-13,15H,6,8,11H2,1-5H3/b9-7-,14-10-. The molecule has 23 heavy (non-hydrogen) atoms. The van der Waals surface area contributed by atoms with Crippen LogP contribution in [0.15, 0.2) is 36.2 Å². The minimum atomic E-state index is -0.955. The van der Waals surface area contributed by atoms with Gasteiger partial charge in [-0.15, -0.1) is 0 Å². The molecule has 0 bridgehead atoms. The third-order valence-corrected chi connectivity index (χ3v) is 3.67. The smallest absolute Gasteiger partial charge is 0.193 e. The molecule has 0 N–H and O–H groups in total. The molecule has 2 unspecified atom stereocenters. The van der Waals surface area contributed by atoms with Crippen molar-refractivity contribution in [3.8, 4) is 0 Å². The van der Waals surface area contributed by atoms with Gasteiger partial charge in [-0.2, -0.15) is 0 Å². The Labute approximate surface area is 138 Å². The summed E-state index contributed by atoms with van der Waals surface area (Å²) in [6, 6.07) is 0. The molecule has 0 aliphatic rings. The Hall–Kier alpha value is -1.84. The van der Waals surface area contributed by atoms with Crippen molar-refractivity contribution in [1.82, 2.24) is 0 Å². The van der Waals surface area contributed by atoms with Crippen molar-refractivity contribution in [3.05, 3.63) is 36.2 Å². The molecular weight excluding hydrogens is 295 g/mol. The van der Waals surface area contributed by atoms with E-state index in [1.807, 2.05) is 13.8 Å². The fourth-order valence-corrected chi connectivity index (χ4v) is 1.91. The zero-order valence-corrected chi connectivity index (χ0v) is 14.7. The molecular formula is C19H27FO3. The summed E-state index contributed by atoms with van der Waals surface area (Å²) in [5.41, 5.74) is 0.546. The summed E-state index contributed by atoms with van der Waals surface area (Å²) in [6.07, 6.45) is 5.68. The fourth-order valence-electron chi connectivity index (χ4n) is 1.91. The molecule has 0 aromatic heterocycles. The third-order valence-electron chi connectivity index (χ3n) is 3.67.